The fourth-order valence-corrected chi connectivity index (χ4v) is 3.32. The number of benzene rings is 2. The van der Waals surface area contributed by atoms with E-state index in [1.54, 1.807) is 6.07 Å². The SMILES string of the molecule is Cc1ccc2c(c1Cl)C(O)N(C(C)(C)c1ccccc1)C2=O. The van der Waals surface area contributed by atoms with E-state index in [-0.39, 0.29) is 5.91 Å². The summed E-state index contributed by atoms with van der Waals surface area (Å²) in [6, 6.07) is 13.2. The number of fused-ring (bicyclic) bond motifs is 1. The summed E-state index contributed by atoms with van der Waals surface area (Å²) in [7, 11) is 0. The van der Waals surface area contributed by atoms with Crippen molar-refractivity contribution < 1.29 is 9.90 Å². The number of carbonyl (C=O) groups is 1. The Morgan fingerprint density at radius 1 is 1.14 bits per heavy atom. The van der Waals surface area contributed by atoms with Crippen molar-refractivity contribution >= 4 is 17.5 Å². The molecule has 3 nitrogen and oxygen atoms in total. The Morgan fingerprint density at radius 3 is 2.41 bits per heavy atom. The maximum absolute atomic E-state index is 12.8. The highest BCUT2D eigenvalue weighted by molar-refractivity contribution is 6.33. The van der Waals surface area contributed by atoms with E-state index in [1.165, 1.54) is 4.90 Å². The summed E-state index contributed by atoms with van der Waals surface area (Å²) in [5.41, 5.74) is 2.16. The third-order valence-electron chi connectivity index (χ3n) is 4.41. The lowest BCUT2D eigenvalue weighted by molar-refractivity contribution is -0.0304. The second-order valence-electron chi connectivity index (χ2n) is 6.13. The summed E-state index contributed by atoms with van der Waals surface area (Å²) in [6.07, 6.45) is -1.04. The molecule has 0 aromatic heterocycles. The summed E-state index contributed by atoms with van der Waals surface area (Å²) in [5.74, 6) is -0.196. The number of aliphatic hydroxyl groups is 1. The number of carbonyl (C=O) groups excluding carboxylic acids is 1. The van der Waals surface area contributed by atoms with Gasteiger partial charge >= 0.3 is 0 Å². The van der Waals surface area contributed by atoms with Gasteiger partial charge in [-0.1, -0.05) is 48.0 Å². The number of halogens is 1. The summed E-state index contributed by atoms with van der Waals surface area (Å²) >= 11 is 6.32. The lowest BCUT2D eigenvalue weighted by Gasteiger charge is -2.38. The van der Waals surface area contributed by atoms with Crippen LogP contribution >= 0.6 is 11.6 Å². The van der Waals surface area contributed by atoms with E-state index >= 15 is 0 Å². The van der Waals surface area contributed by atoms with E-state index < -0.39 is 11.8 Å². The fraction of sp³-hybridized carbons (Fsp3) is 0.278. The van der Waals surface area contributed by atoms with E-state index in [9.17, 15) is 9.90 Å². The lowest BCUT2D eigenvalue weighted by atomic mass is 9.92. The van der Waals surface area contributed by atoms with Crippen molar-refractivity contribution in [3.63, 3.8) is 0 Å². The molecule has 0 spiro atoms. The van der Waals surface area contributed by atoms with E-state index in [0.717, 1.165) is 11.1 Å². The van der Waals surface area contributed by atoms with Gasteiger partial charge in [0.05, 0.1) is 10.6 Å². The lowest BCUT2D eigenvalue weighted by Crippen LogP contribution is -2.44. The van der Waals surface area contributed by atoms with Gasteiger partial charge in [-0.15, -0.1) is 0 Å². The highest BCUT2D eigenvalue weighted by Crippen LogP contribution is 2.44. The third-order valence-corrected chi connectivity index (χ3v) is 4.91. The van der Waals surface area contributed by atoms with Gasteiger partial charge in [-0.3, -0.25) is 9.69 Å². The van der Waals surface area contributed by atoms with Gasteiger partial charge in [-0.25, -0.2) is 0 Å². The van der Waals surface area contributed by atoms with Crippen LogP contribution in [0, 0.1) is 6.92 Å². The average molecular weight is 316 g/mol. The van der Waals surface area contributed by atoms with Crippen LogP contribution < -0.4 is 0 Å². The first kappa shape index (κ1) is 15.1. The molecule has 1 N–H and O–H groups in total. The smallest absolute Gasteiger partial charge is 0.257 e. The number of rotatable bonds is 2. The van der Waals surface area contributed by atoms with Crippen LogP contribution in [0.1, 0.15) is 47.1 Å². The summed E-state index contributed by atoms with van der Waals surface area (Å²) < 4.78 is 0. The number of hydrogen-bond donors (Lipinski definition) is 1. The molecule has 0 saturated heterocycles. The van der Waals surface area contributed by atoms with Gasteiger partial charge in [0.1, 0.15) is 0 Å². The fourth-order valence-electron chi connectivity index (χ4n) is 3.06. The van der Waals surface area contributed by atoms with Crippen molar-refractivity contribution in [3.05, 3.63) is 69.7 Å². The van der Waals surface area contributed by atoms with Gasteiger partial charge in [0.2, 0.25) is 0 Å². The highest BCUT2D eigenvalue weighted by atomic mass is 35.5. The van der Waals surface area contributed by atoms with E-state index in [0.29, 0.717) is 16.1 Å². The molecule has 4 heteroatoms. The maximum Gasteiger partial charge on any atom is 0.257 e. The second kappa shape index (κ2) is 5.11. The van der Waals surface area contributed by atoms with Crippen LogP contribution in [0.5, 0.6) is 0 Å². The van der Waals surface area contributed by atoms with Crippen molar-refractivity contribution in [1.82, 2.24) is 4.90 Å². The van der Waals surface area contributed by atoms with Crippen LogP contribution in [0.15, 0.2) is 42.5 Å². The number of hydrogen-bond acceptors (Lipinski definition) is 2. The maximum atomic E-state index is 12.8. The Bertz CT molecular complexity index is 740. The molecule has 114 valence electrons. The predicted octanol–water partition coefficient (Wildman–Crippen LogP) is 4.03. The number of aliphatic hydroxyl groups excluding tert-OH is 1. The molecule has 0 fully saturated rings. The molecule has 0 saturated carbocycles. The highest BCUT2D eigenvalue weighted by Gasteiger charge is 2.45. The largest absolute Gasteiger partial charge is 0.369 e. The first-order valence-corrected chi connectivity index (χ1v) is 7.59. The topological polar surface area (TPSA) is 40.5 Å². The molecule has 2 aromatic rings. The Morgan fingerprint density at radius 2 is 1.77 bits per heavy atom. The van der Waals surface area contributed by atoms with Gasteiger partial charge in [-0.2, -0.15) is 0 Å². The first-order valence-electron chi connectivity index (χ1n) is 7.22. The van der Waals surface area contributed by atoms with Crippen LogP contribution in [0.2, 0.25) is 5.02 Å². The van der Waals surface area contributed by atoms with Crippen molar-refractivity contribution in [2.45, 2.75) is 32.5 Å². The zero-order valence-electron chi connectivity index (χ0n) is 12.8. The standard InChI is InChI=1S/C18H18ClNO2/c1-11-9-10-13-14(15(11)19)17(22)20(16(13)21)18(2,3)12-7-5-4-6-8-12/h4-10,17,22H,1-3H3. The molecular weight excluding hydrogens is 298 g/mol. The Labute approximate surface area is 135 Å². The molecule has 3 rings (SSSR count). The second-order valence-corrected chi connectivity index (χ2v) is 6.51. The molecule has 1 unspecified atom stereocenters. The van der Waals surface area contributed by atoms with Crippen molar-refractivity contribution in [1.29, 1.82) is 0 Å². The minimum Gasteiger partial charge on any atom is -0.369 e. The molecular formula is C18H18ClNO2. The number of aryl methyl sites for hydroxylation is 1. The van der Waals surface area contributed by atoms with E-state index in [2.05, 4.69) is 0 Å². The number of nitrogens with zero attached hydrogens (tertiary/aromatic N) is 1. The molecule has 1 atom stereocenters. The zero-order chi connectivity index (χ0) is 16.1. The predicted molar refractivity (Wildman–Crippen MR) is 86.8 cm³/mol. The monoisotopic (exact) mass is 315 g/mol. The Kier molecular flexibility index (Phi) is 3.50. The van der Waals surface area contributed by atoms with Gasteiger partial charge in [0.25, 0.3) is 5.91 Å². The minimum absolute atomic E-state index is 0.196. The molecule has 0 bridgehead atoms. The Balaban J connectivity index is 2.12. The van der Waals surface area contributed by atoms with Gasteiger partial charge < -0.3 is 5.11 Å². The van der Waals surface area contributed by atoms with Crippen LogP contribution in [-0.4, -0.2) is 15.9 Å². The normalized spacial score (nSPS) is 17.8. The van der Waals surface area contributed by atoms with E-state index in [4.69, 9.17) is 11.6 Å². The average Bonchev–Trinajstić information content (AvgIpc) is 2.76. The van der Waals surface area contributed by atoms with Crippen molar-refractivity contribution in [2.75, 3.05) is 0 Å². The minimum atomic E-state index is -1.04. The number of amides is 1. The van der Waals surface area contributed by atoms with Gasteiger partial charge in [-0.05, 0) is 38.0 Å². The molecule has 0 aliphatic carbocycles. The third kappa shape index (κ3) is 2.04. The van der Waals surface area contributed by atoms with E-state index in [1.807, 2.05) is 57.2 Å². The molecule has 1 amide bonds. The molecule has 1 heterocycles. The van der Waals surface area contributed by atoms with Gasteiger partial charge in [0.15, 0.2) is 6.23 Å². The van der Waals surface area contributed by atoms with Crippen molar-refractivity contribution in [3.8, 4) is 0 Å². The molecule has 2 aromatic carbocycles. The van der Waals surface area contributed by atoms with Gasteiger partial charge in [0, 0.05) is 11.1 Å². The summed E-state index contributed by atoms with van der Waals surface area (Å²) in [6.45, 7) is 5.72. The Hall–Kier alpha value is -1.84. The quantitative estimate of drug-likeness (QED) is 0.909. The molecule has 22 heavy (non-hydrogen) atoms. The zero-order valence-corrected chi connectivity index (χ0v) is 13.6. The molecule has 1 aliphatic heterocycles. The van der Waals surface area contributed by atoms with Crippen LogP contribution in [0.25, 0.3) is 0 Å². The summed E-state index contributed by atoms with van der Waals surface area (Å²) in [4.78, 5) is 14.3. The van der Waals surface area contributed by atoms with Crippen LogP contribution in [0.3, 0.4) is 0 Å². The first-order chi connectivity index (χ1) is 10.4. The van der Waals surface area contributed by atoms with Crippen LogP contribution in [0.4, 0.5) is 0 Å². The molecule has 0 radical (unpaired) electrons. The van der Waals surface area contributed by atoms with Crippen molar-refractivity contribution in [2.24, 2.45) is 0 Å². The van der Waals surface area contributed by atoms with Crippen LogP contribution in [-0.2, 0) is 5.54 Å². The summed E-state index contributed by atoms with van der Waals surface area (Å²) in [5, 5.41) is 11.2. The molecule has 1 aliphatic rings.